The second-order valence-corrected chi connectivity index (χ2v) is 5.40. The molecule has 0 aliphatic carbocycles. The number of hydrogen-bond acceptors (Lipinski definition) is 3. The SMILES string of the molecule is CCc1cc(CC)n(CCCCC(C)(NC)C(=O)O)n1. The smallest absolute Gasteiger partial charge is 0.323 e. The zero-order chi connectivity index (χ0) is 15.2. The van der Waals surface area contributed by atoms with Crippen LogP contribution in [0.15, 0.2) is 6.07 Å². The van der Waals surface area contributed by atoms with Crippen molar-refractivity contribution in [3.8, 4) is 0 Å². The maximum Gasteiger partial charge on any atom is 0.323 e. The van der Waals surface area contributed by atoms with Gasteiger partial charge in [-0.1, -0.05) is 13.8 Å². The fourth-order valence-electron chi connectivity index (χ4n) is 2.24. The number of carboxylic acids is 1. The highest BCUT2D eigenvalue weighted by Crippen LogP contribution is 2.15. The van der Waals surface area contributed by atoms with Gasteiger partial charge in [0.25, 0.3) is 0 Å². The topological polar surface area (TPSA) is 67.2 Å². The number of aromatic nitrogens is 2. The molecule has 1 rings (SSSR count). The Bertz CT molecular complexity index is 442. The number of rotatable bonds is 9. The number of aryl methyl sites for hydroxylation is 3. The monoisotopic (exact) mass is 281 g/mol. The first kappa shape index (κ1) is 16.7. The van der Waals surface area contributed by atoms with Crippen molar-refractivity contribution >= 4 is 5.97 Å². The van der Waals surface area contributed by atoms with Gasteiger partial charge in [0.2, 0.25) is 0 Å². The summed E-state index contributed by atoms with van der Waals surface area (Å²) in [5.74, 6) is -0.790. The lowest BCUT2D eigenvalue weighted by Crippen LogP contribution is -2.47. The van der Waals surface area contributed by atoms with Crippen LogP contribution in [0.1, 0.15) is 51.4 Å². The van der Waals surface area contributed by atoms with E-state index in [0.717, 1.165) is 37.9 Å². The van der Waals surface area contributed by atoms with Gasteiger partial charge < -0.3 is 10.4 Å². The van der Waals surface area contributed by atoms with Crippen molar-refractivity contribution in [3.63, 3.8) is 0 Å². The van der Waals surface area contributed by atoms with Crippen LogP contribution in [0, 0.1) is 0 Å². The molecule has 0 saturated carbocycles. The zero-order valence-corrected chi connectivity index (χ0v) is 13.1. The molecule has 0 radical (unpaired) electrons. The van der Waals surface area contributed by atoms with Gasteiger partial charge in [0.1, 0.15) is 5.54 Å². The maximum atomic E-state index is 11.2. The van der Waals surface area contributed by atoms with Crippen LogP contribution in [-0.4, -0.2) is 33.4 Å². The lowest BCUT2D eigenvalue weighted by molar-refractivity contribution is -0.144. The molecule has 1 atom stereocenters. The van der Waals surface area contributed by atoms with Crippen molar-refractivity contribution in [3.05, 3.63) is 17.5 Å². The molecule has 2 N–H and O–H groups in total. The number of aliphatic carboxylic acids is 1. The van der Waals surface area contributed by atoms with Crippen molar-refractivity contribution < 1.29 is 9.90 Å². The Labute approximate surface area is 121 Å². The molecule has 1 unspecified atom stereocenters. The predicted molar refractivity (Wildman–Crippen MR) is 79.9 cm³/mol. The van der Waals surface area contributed by atoms with E-state index in [9.17, 15) is 9.90 Å². The molecule has 114 valence electrons. The van der Waals surface area contributed by atoms with Crippen LogP contribution >= 0.6 is 0 Å². The van der Waals surface area contributed by atoms with Gasteiger partial charge in [-0.2, -0.15) is 5.10 Å². The second kappa shape index (κ2) is 7.43. The van der Waals surface area contributed by atoms with Gasteiger partial charge in [-0.15, -0.1) is 0 Å². The summed E-state index contributed by atoms with van der Waals surface area (Å²) in [6.45, 7) is 6.84. The minimum Gasteiger partial charge on any atom is -0.480 e. The Morgan fingerprint density at radius 1 is 1.40 bits per heavy atom. The highest BCUT2D eigenvalue weighted by atomic mass is 16.4. The molecule has 0 amide bonds. The Morgan fingerprint density at radius 2 is 2.10 bits per heavy atom. The van der Waals surface area contributed by atoms with E-state index in [1.54, 1.807) is 14.0 Å². The summed E-state index contributed by atoms with van der Waals surface area (Å²) >= 11 is 0. The second-order valence-electron chi connectivity index (χ2n) is 5.40. The molecule has 5 heteroatoms. The molecule has 0 saturated heterocycles. The number of unbranched alkanes of at least 4 members (excludes halogenated alkanes) is 1. The summed E-state index contributed by atoms with van der Waals surface area (Å²) < 4.78 is 2.07. The van der Waals surface area contributed by atoms with Crippen LogP contribution in [0.3, 0.4) is 0 Å². The van der Waals surface area contributed by atoms with Crippen molar-refractivity contribution in [2.45, 2.75) is 65.0 Å². The number of hydrogen-bond donors (Lipinski definition) is 2. The fourth-order valence-corrected chi connectivity index (χ4v) is 2.24. The molecule has 0 aromatic carbocycles. The summed E-state index contributed by atoms with van der Waals surface area (Å²) in [6.07, 6.45) is 4.38. The Kier molecular flexibility index (Phi) is 6.20. The standard InChI is InChI=1S/C15H27N3O2/c1-5-12-11-13(6-2)18(17-12)10-8-7-9-15(3,16-4)14(19)20/h11,16H,5-10H2,1-4H3,(H,19,20). The van der Waals surface area contributed by atoms with Crippen molar-refractivity contribution in [1.29, 1.82) is 0 Å². The van der Waals surface area contributed by atoms with E-state index in [1.165, 1.54) is 5.69 Å². The fraction of sp³-hybridized carbons (Fsp3) is 0.733. The Hall–Kier alpha value is -1.36. The molecule has 0 fully saturated rings. The average molecular weight is 281 g/mol. The van der Waals surface area contributed by atoms with Crippen LogP contribution in [0.2, 0.25) is 0 Å². The molecule has 5 nitrogen and oxygen atoms in total. The molecule has 0 aliphatic heterocycles. The third-order valence-electron chi connectivity index (χ3n) is 3.96. The summed E-state index contributed by atoms with van der Waals surface area (Å²) in [5, 5.41) is 16.7. The first-order chi connectivity index (χ1) is 9.46. The number of carboxylic acid groups (broad SMARTS) is 1. The number of nitrogens with zero attached hydrogens (tertiary/aromatic N) is 2. The summed E-state index contributed by atoms with van der Waals surface area (Å²) in [6, 6.07) is 2.16. The van der Waals surface area contributed by atoms with Crippen LogP contribution in [-0.2, 0) is 24.2 Å². The van der Waals surface area contributed by atoms with Crippen LogP contribution in [0.5, 0.6) is 0 Å². The Morgan fingerprint density at radius 3 is 2.60 bits per heavy atom. The van der Waals surface area contributed by atoms with Gasteiger partial charge in [-0.05, 0) is 52.1 Å². The van der Waals surface area contributed by atoms with Crippen molar-refractivity contribution in [2.75, 3.05) is 7.05 Å². The van der Waals surface area contributed by atoms with E-state index in [4.69, 9.17) is 0 Å². The molecular formula is C15H27N3O2. The highest BCUT2D eigenvalue weighted by Gasteiger charge is 2.30. The summed E-state index contributed by atoms with van der Waals surface area (Å²) in [7, 11) is 1.70. The molecule has 20 heavy (non-hydrogen) atoms. The van der Waals surface area contributed by atoms with Crippen LogP contribution < -0.4 is 5.32 Å². The summed E-state index contributed by atoms with van der Waals surface area (Å²) in [5.41, 5.74) is 1.57. The predicted octanol–water partition coefficient (Wildman–Crippen LogP) is 2.24. The minimum absolute atomic E-state index is 0.627. The molecule has 0 spiro atoms. The number of nitrogens with one attached hydrogen (secondary N) is 1. The molecule has 1 heterocycles. The van der Waals surface area contributed by atoms with Crippen molar-refractivity contribution in [1.82, 2.24) is 15.1 Å². The van der Waals surface area contributed by atoms with Crippen molar-refractivity contribution in [2.24, 2.45) is 0 Å². The minimum atomic E-state index is -0.827. The maximum absolute atomic E-state index is 11.2. The van der Waals surface area contributed by atoms with Gasteiger partial charge in [-0.25, -0.2) is 0 Å². The quantitative estimate of drug-likeness (QED) is 0.681. The van der Waals surface area contributed by atoms with Gasteiger partial charge in [0.15, 0.2) is 0 Å². The lowest BCUT2D eigenvalue weighted by atomic mass is 9.95. The number of carbonyl (C=O) groups is 1. The van der Waals surface area contributed by atoms with Crippen LogP contribution in [0.4, 0.5) is 0 Å². The largest absolute Gasteiger partial charge is 0.480 e. The molecular weight excluding hydrogens is 254 g/mol. The van der Waals surface area contributed by atoms with E-state index in [1.807, 2.05) is 0 Å². The Balaban J connectivity index is 2.48. The third kappa shape index (κ3) is 4.07. The highest BCUT2D eigenvalue weighted by molar-refractivity contribution is 5.78. The van der Waals surface area contributed by atoms with Crippen LogP contribution in [0.25, 0.3) is 0 Å². The van der Waals surface area contributed by atoms with E-state index in [2.05, 4.69) is 35.0 Å². The van der Waals surface area contributed by atoms with Gasteiger partial charge in [-0.3, -0.25) is 9.48 Å². The summed E-state index contributed by atoms with van der Waals surface area (Å²) in [4.78, 5) is 11.2. The van der Waals surface area contributed by atoms with E-state index in [-0.39, 0.29) is 0 Å². The first-order valence-corrected chi connectivity index (χ1v) is 7.44. The molecule has 0 bridgehead atoms. The zero-order valence-electron chi connectivity index (χ0n) is 13.1. The van der Waals surface area contributed by atoms with E-state index < -0.39 is 11.5 Å². The van der Waals surface area contributed by atoms with Gasteiger partial charge >= 0.3 is 5.97 Å². The molecule has 0 aliphatic rings. The van der Waals surface area contributed by atoms with Gasteiger partial charge in [0, 0.05) is 12.2 Å². The first-order valence-electron chi connectivity index (χ1n) is 7.44. The molecule has 1 aromatic rings. The van der Waals surface area contributed by atoms with E-state index in [0.29, 0.717) is 6.42 Å². The molecule has 1 aromatic heterocycles. The average Bonchev–Trinajstić information content (AvgIpc) is 2.85. The van der Waals surface area contributed by atoms with E-state index >= 15 is 0 Å². The normalized spacial score (nSPS) is 14.2. The number of likely N-dealkylation sites (N-methyl/N-ethyl adjacent to an activating group) is 1. The third-order valence-corrected chi connectivity index (χ3v) is 3.96. The van der Waals surface area contributed by atoms with Gasteiger partial charge in [0.05, 0.1) is 5.69 Å². The lowest BCUT2D eigenvalue weighted by Gasteiger charge is -2.23.